The fourth-order valence-electron chi connectivity index (χ4n) is 0.534. The SMILES string of the molecule is Cc1ccccc1.O=[S](=O)(O)[Zr]. The van der Waals surface area contributed by atoms with Crippen LogP contribution in [0.1, 0.15) is 5.56 Å². The van der Waals surface area contributed by atoms with Crippen molar-refractivity contribution in [2.75, 3.05) is 0 Å². The molecule has 1 rings (SSSR count). The summed E-state index contributed by atoms with van der Waals surface area (Å²) in [6.45, 7) is -1.49. The fourth-order valence-corrected chi connectivity index (χ4v) is 0.534. The van der Waals surface area contributed by atoms with Gasteiger partial charge in [-0.2, -0.15) is 0 Å². The molecule has 0 spiro atoms. The molecule has 12 heavy (non-hydrogen) atoms. The van der Waals surface area contributed by atoms with E-state index in [4.69, 9.17) is 4.55 Å². The zero-order valence-corrected chi connectivity index (χ0v) is 9.83. The van der Waals surface area contributed by atoms with Gasteiger partial charge in [0.05, 0.1) is 0 Å². The summed E-state index contributed by atoms with van der Waals surface area (Å²) in [5, 5.41) is 0. The van der Waals surface area contributed by atoms with Crippen LogP contribution in [0.4, 0.5) is 0 Å². The van der Waals surface area contributed by atoms with Gasteiger partial charge in [0.15, 0.2) is 0 Å². The van der Waals surface area contributed by atoms with Gasteiger partial charge in [0.25, 0.3) is 0 Å². The summed E-state index contributed by atoms with van der Waals surface area (Å²) in [6, 6.07) is 10.3. The molecule has 0 heterocycles. The fraction of sp³-hybridized carbons (Fsp3) is 0.143. The van der Waals surface area contributed by atoms with Crippen molar-refractivity contribution < 1.29 is 36.2 Å². The van der Waals surface area contributed by atoms with E-state index >= 15 is 0 Å². The van der Waals surface area contributed by atoms with Gasteiger partial charge in [-0.15, -0.1) is 0 Å². The number of aryl methyl sites for hydroxylation is 1. The predicted octanol–water partition coefficient (Wildman–Crippen LogP) is 1.33. The molecule has 0 saturated carbocycles. The average Bonchev–Trinajstić information content (AvgIpc) is 1.85. The Morgan fingerprint density at radius 3 is 1.75 bits per heavy atom. The van der Waals surface area contributed by atoms with Crippen LogP contribution in [-0.2, 0) is 30.1 Å². The van der Waals surface area contributed by atoms with E-state index in [1.54, 1.807) is 0 Å². The molecule has 0 atom stereocenters. The minimum atomic E-state index is -3.58. The molecule has 0 amide bonds. The molecule has 65 valence electrons. The second-order valence-corrected chi connectivity index (χ2v) is 6.88. The summed E-state index contributed by atoms with van der Waals surface area (Å²) in [5.74, 6) is 0. The maximum atomic E-state index is 9.23. The third kappa shape index (κ3) is 12.7. The first-order chi connectivity index (χ1) is 5.39. The van der Waals surface area contributed by atoms with Gasteiger partial charge in [-0.3, -0.25) is 0 Å². The van der Waals surface area contributed by atoms with Crippen molar-refractivity contribution in [3.05, 3.63) is 35.9 Å². The number of hydrogen-bond acceptors (Lipinski definition) is 2. The average molecular weight is 264 g/mol. The van der Waals surface area contributed by atoms with Gasteiger partial charge in [-0.1, -0.05) is 35.9 Å². The van der Waals surface area contributed by atoms with Crippen LogP contribution in [0, 0.1) is 6.92 Å². The zero-order chi connectivity index (χ0) is 9.61. The topological polar surface area (TPSA) is 54.4 Å². The van der Waals surface area contributed by atoms with E-state index in [0.717, 1.165) is 0 Å². The third-order valence-corrected chi connectivity index (χ3v) is 0.940. The first-order valence-electron chi connectivity index (χ1n) is 3.13. The van der Waals surface area contributed by atoms with E-state index in [2.05, 4.69) is 19.1 Å². The number of benzene rings is 1. The maximum absolute atomic E-state index is 9.23. The van der Waals surface area contributed by atoms with Crippen molar-refractivity contribution in [2.45, 2.75) is 6.92 Å². The zero-order valence-electron chi connectivity index (χ0n) is 6.56. The first kappa shape index (κ1) is 12.0. The Hall–Kier alpha value is 0.0131. The molecule has 1 aromatic carbocycles. The molecule has 0 radical (unpaired) electrons. The Balaban J connectivity index is 0.000000217. The van der Waals surface area contributed by atoms with Gasteiger partial charge in [-0.25, -0.2) is 0 Å². The minimum absolute atomic E-state index is 0.145. The Bertz CT molecular complexity index is 299. The normalized spacial score (nSPS) is 9.75. The molecule has 1 aromatic rings. The summed E-state index contributed by atoms with van der Waals surface area (Å²) in [7, 11) is 0. The summed E-state index contributed by atoms with van der Waals surface area (Å²) in [6.07, 6.45) is 0. The summed E-state index contributed by atoms with van der Waals surface area (Å²) in [4.78, 5) is 0. The van der Waals surface area contributed by atoms with Crippen LogP contribution in [-0.4, -0.2) is 13.0 Å². The third-order valence-electron chi connectivity index (χ3n) is 0.940. The van der Waals surface area contributed by atoms with E-state index in [0.29, 0.717) is 0 Å². The van der Waals surface area contributed by atoms with Gasteiger partial charge in [0.1, 0.15) is 0 Å². The van der Waals surface area contributed by atoms with Gasteiger partial charge in [-0.05, 0) is 6.92 Å². The van der Waals surface area contributed by atoms with Crippen LogP contribution < -0.4 is 0 Å². The van der Waals surface area contributed by atoms with Crippen molar-refractivity contribution >= 4 is 6.87 Å². The monoisotopic (exact) mass is 263 g/mol. The van der Waals surface area contributed by atoms with Crippen LogP contribution in [0.2, 0.25) is 0 Å². The summed E-state index contributed by atoms with van der Waals surface area (Å²) < 4.78 is 26.0. The number of rotatable bonds is 0. The Morgan fingerprint density at radius 2 is 1.58 bits per heavy atom. The standard InChI is InChI=1S/C7H8.HO3S.Zr/c1-7-5-3-2-4-6-7;1-4(2)3;/h2-6H,1H3;(H,1,2,3);. The van der Waals surface area contributed by atoms with Crippen LogP contribution >= 0.6 is 0 Å². The molecule has 3 nitrogen and oxygen atoms in total. The van der Waals surface area contributed by atoms with Crippen molar-refractivity contribution in [1.82, 2.24) is 0 Å². The van der Waals surface area contributed by atoms with Crippen LogP contribution in [0.15, 0.2) is 30.3 Å². The van der Waals surface area contributed by atoms with E-state index in [-0.39, 0.29) is 23.3 Å². The van der Waals surface area contributed by atoms with Crippen molar-refractivity contribution in [1.29, 1.82) is 0 Å². The second-order valence-electron chi connectivity index (χ2n) is 2.13. The van der Waals surface area contributed by atoms with E-state index in [1.165, 1.54) is 5.56 Å². The van der Waals surface area contributed by atoms with Gasteiger partial charge in [0.2, 0.25) is 0 Å². The Kier molecular flexibility index (Phi) is 5.63. The molecular formula is C7H9O3SZr. The first-order valence-corrected chi connectivity index (χ1v) is 7.58. The van der Waals surface area contributed by atoms with Crippen LogP contribution in [0.3, 0.4) is 0 Å². The molecule has 0 aliphatic carbocycles. The summed E-state index contributed by atoms with van der Waals surface area (Å²) >= 11 is 0.145. The van der Waals surface area contributed by atoms with Gasteiger partial charge in [0, 0.05) is 0 Å². The van der Waals surface area contributed by atoms with Crippen molar-refractivity contribution in [2.24, 2.45) is 0 Å². The molecule has 0 saturated heterocycles. The number of hydrogen-bond donors (Lipinski definition) is 1. The molecule has 0 aliphatic rings. The molecule has 0 aliphatic heterocycles. The molecule has 0 unspecified atom stereocenters. The van der Waals surface area contributed by atoms with Crippen molar-refractivity contribution in [3.8, 4) is 0 Å². The summed E-state index contributed by atoms with van der Waals surface area (Å²) in [5.41, 5.74) is 1.32. The predicted molar refractivity (Wildman–Crippen MR) is 42.7 cm³/mol. The van der Waals surface area contributed by atoms with Gasteiger partial charge >= 0.3 is 43.1 Å². The van der Waals surface area contributed by atoms with Crippen molar-refractivity contribution in [3.63, 3.8) is 0 Å². The van der Waals surface area contributed by atoms with E-state index in [9.17, 15) is 8.42 Å². The Morgan fingerprint density at radius 1 is 1.25 bits per heavy atom. The molecule has 0 bridgehead atoms. The molecule has 1 N–H and O–H groups in total. The quantitative estimate of drug-likeness (QED) is 0.719. The molecule has 0 aromatic heterocycles. The van der Waals surface area contributed by atoms with Crippen LogP contribution in [0.5, 0.6) is 0 Å². The van der Waals surface area contributed by atoms with E-state index in [1.807, 2.05) is 18.2 Å². The molecule has 0 fully saturated rings. The van der Waals surface area contributed by atoms with Gasteiger partial charge < -0.3 is 0 Å². The van der Waals surface area contributed by atoms with E-state index < -0.39 is 6.87 Å². The second kappa shape index (κ2) is 5.62. The molecular weight excluding hydrogens is 255 g/mol. The molecule has 5 heteroatoms. The Labute approximate surface area is 85.7 Å². The van der Waals surface area contributed by atoms with Crippen LogP contribution in [0.25, 0.3) is 0 Å².